The number of aliphatic hydroxyl groups excluding tert-OH is 4. The van der Waals surface area contributed by atoms with Gasteiger partial charge in [0.25, 0.3) is 0 Å². The zero-order valence-electron chi connectivity index (χ0n) is 13.8. The minimum atomic E-state index is -1.61. The summed E-state index contributed by atoms with van der Waals surface area (Å²) in [5.41, 5.74) is 3.53. The molecule has 1 fully saturated rings. The second kappa shape index (κ2) is 8.41. The first kappa shape index (κ1) is 20.5. The van der Waals surface area contributed by atoms with Crippen molar-refractivity contribution in [2.75, 3.05) is 6.61 Å². The Labute approximate surface area is 166 Å². The highest BCUT2D eigenvalue weighted by molar-refractivity contribution is 9.10. The molecule has 1 aromatic carbocycles. The van der Waals surface area contributed by atoms with Gasteiger partial charge in [-0.1, -0.05) is 11.6 Å². The lowest BCUT2D eigenvalue weighted by Gasteiger charge is -2.39. The van der Waals surface area contributed by atoms with Gasteiger partial charge in [0.05, 0.1) is 18.1 Å². The maximum absolute atomic E-state index is 12.2. The fraction of sp³-hybridized carbons (Fsp3) is 0.438. The molecule has 0 spiro atoms. The molecule has 2 heterocycles. The van der Waals surface area contributed by atoms with Crippen LogP contribution in [0.1, 0.15) is 5.56 Å². The fourth-order valence-corrected chi connectivity index (χ4v) is 3.48. The van der Waals surface area contributed by atoms with Crippen molar-refractivity contribution in [3.8, 4) is 0 Å². The van der Waals surface area contributed by atoms with E-state index in [4.69, 9.17) is 26.3 Å². The second-order valence-corrected chi connectivity index (χ2v) is 7.35. The minimum absolute atomic E-state index is 0.0758. The molecule has 1 saturated heterocycles. The molecule has 9 nitrogen and oxygen atoms in total. The number of carbonyl (C=O) groups excluding carboxylic acids is 1. The van der Waals surface area contributed by atoms with E-state index in [1.807, 2.05) is 6.07 Å². The molecular formula is C16H18BrClN2O7. The van der Waals surface area contributed by atoms with E-state index < -0.39 is 43.2 Å². The Hall–Kier alpha value is -1.24. The maximum atomic E-state index is 12.2. The molecule has 1 unspecified atom stereocenters. The smallest absolute Gasteiger partial charge is 0.248 e. The fourth-order valence-electron chi connectivity index (χ4n) is 2.86. The highest BCUT2D eigenvalue weighted by Crippen LogP contribution is 2.33. The number of rotatable bonds is 5. The summed E-state index contributed by atoms with van der Waals surface area (Å²) < 4.78 is 5.83. The van der Waals surface area contributed by atoms with Gasteiger partial charge in [0.1, 0.15) is 24.4 Å². The van der Waals surface area contributed by atoms with Gasteiger partial charge in [-0.3, -0.25) is 4.79 Å². The third-order valence-electron chi connectivity index (χ3n) is 4.31. The molecule has 0 saturated carbocycles. The highest BCUT2D eigenvalue weighted by Gasteiger charge is 2.44. The predicted octanol–water partition coefficient (Wildman–Crippen LogP) is -0.0260. The first-order chi connectivity index (χ1) is 12.8. The summed E-state index contributed by atoms with van der Waals surface area (Å²) in [5, 5.41) is 39.6. The van der Waals surface area contributed by atoms with Crippen LogP contribution in [-0.2, 0) is 20.8 Å². The van der Waals surface area contributed by atoms with Gasteiger partial charge in [-0.25, -0.2) is 10.3 Å². The molecule has 0 aliphatic carbocycles. The van der Waals surface area contributed by atoms with Crippen molar-refractivity contribution >= 4 is 44.3 Å². The number of carbonyl (C=O) groups is 1. The number of amides is 1. The van der Waals surface area contributed by atoms with E-state index >= 15 is 0 Å². The van der Waals surface area contributed by atoms with Crippen LogP contribution < -0.4 is 5.48 Å². The third-order valence-corrected chi connectivity index (χ3v) is 5.59. The van der Waals surface area contributed by atoms with Crippen LogP contribution in [-0.4, -0.2) is 68.6 Å². The number of H-pyrrole nitrogens is 1. The molecule has 5 atom stereocenters. The molecule has 6 N–H and O–H groups in total. The Kier molecular flexibility index (Phi) is 6.39. The maximum Gasteiger partial charge on any atom is 0.248 e. The molecule has 1 aromatic heterocycles. The van der Waals surface area contributed by atoms with Gasteiger partial charge in [0.15, 0.2) is 0 Å². The van der Waals surface area contributed by atoms with Gasteiger partial charge in [-0.15, -0.1) is 0 Å². The number of benzene rings is 1. The van der Waals surface area contributed by atoms with Crippen LogP contribution in [0.25, 0.3) is 10.9 Å². The molecule has 3 rings (SSSR count). The summed E-state index contributed by atoms with van der Waals surface area (Å²) in [4.78, 5) is 20.2. The van der Waals surface area contributed by atoms with Crippen LogP contribution in [0, 0.1) is 0 Å². The molecule has 27 heavy (non-hydrogen) atoms. The van der Waals surface area contributed by atoms with E-state index in [-0.39, 0.29) is 6.42 Å². The van der Waals surface area contributed by atoms with Gasteiger partial charge in [-0.05, 0) is 33.6 Å². The molecule has 1 aliphatic rings. The van der Waals surface area contributed by atoms with E-state index in [0.717, 1.165) is 5.52 Å². The number of hydroxylamine groups is 1. The number of halogens is 2. The Morgan fingerprint density at radius 2 is 2.04 bits per heavy atom. The zero-order valence-corrected chi connectivity index (χ0v) is 16.1. The third kappa shape index (κ3) is 4.13. The van der Waals surface area contributed by atoms with Gasteiger partial charge in [0.2, 0.25) is 12.2 Å². The molecule has 0 radical (unpaired) electrons. The van der Waals surface area contributed by atoms with Crippen LogP contribution in [0.5, 0.6) is 0 Å². The summed E-state index contributed by atoms with van der Waals surface area (Å²) in [5.74, 6) is -0.552. The van der Waals surface area contributed by atoms with Crippen LogP contribution in [0.2, 0.25) is 5.02 Å². The van der Waals surface area contributed by atoms with E-state index in [0.29, 0.717) is 20.4 Å². The number of aromatic amines is 1. The van der Waals surface area contributed by atoms with Crippen LogP contribution in [0.3, 0.4) is 0 Å². The van der Waals surface area contributed by atoms with Crippen molar-refractivity contribution < 1.29 is 34.8 Å². The predicted molar refractivity (Wildman–Crippen MR) is 97.7 cm³/mol. The molecule has 1 aliphatic heterocycles. The second-order valence-electron chi connectivity index (χ2n) is 6.11. The lowest BCUT2D eigenvalue weighted by Crippen LogP contribution is -2.60. The largest absolute Gasteiger partial charge is 0.394 e. The highest BCUT2D eigenvalue weighted by atomic mass is 79.9. The van der Waals surface area contributed by atoms with E-state index in [9.17, 15) is 20.1 Å². The topological polar surface area (TPSA) is 144 Å². The quantitative estimate of drug-likeness (QED) is 0.340. The molecule has 148 valence electrons. The van der Waals surface area contributed by atoms with Crippen molar-refractivity contribution in [2.45, 2.75) is 37.1 Å². The first-order valence-corrected chi connectivity index (χ1v) is 9.19. The van der Waals surface area contributed by atoms with Crippen molar-refractivity contribution in [3.63, 3.8) is 0 Å². The van der Waals surface area contributed by atoms with Crippen molar-refractivity contribution in [3.05, 3.63) is 33.4 Å². The van der Waals surface area contributed by atoms with Gasteiger partial charge < -0.3 is 30.1 Å². The molecule has 11 heteroatoms. The standard InChI is InChI=1S/C16H18BrClN2O7/c17-7-1-2-8-11(12(7)18)6(4-19-8)3-10(22)20-27-16-15(25)14(24)13(23)9(5-21)26-16/h1-2,4,9,13-16,19,21,23-25H,3,5H2,(H,20,22)/t9-,13-,14+,15-,16?/m1/s1. The van der Waals surface area contributed by atoms with Crippen LogP contribution in [0.15, 0.2) is 22.8 Å². The van der Waals surface area contributed by atoms with Gasteiger partial charge >= 0.3 is 0 Å². The van der Waals surface area contributed by atoms with Crippen molar-refractivity contribution in [2.24, 2.45) is 0 Å². The average molecular weight is 466 g/mol. The Bertz CT molecular complexity index is 830. The van der Waals surface area contributed by atoms with Crippen LogP contribution >= 0.6 is 27.5 Å². The number of hydrogen-bond acceptors (Lipinski definition) is 7. The Morgan fingerprint density at radius 3 is 2.74 bits per heavy atom. The molecular weight excluding hydrogens is 448 g/mol. The number of fused-ring (bicyclic) bond motifs is 1. The van der Waals surface area contributed by atoms with E-state index in [1.165, 1.54) is 0 Å². The lowest BCUT2D eigenvalue weighted by molar-refractivity contribution is -0.313. The van der Waals surface area contributed by atoms with Crippen molar-refractivity contribution in [1.82, 2.24) is 10.5 Å². The first-order valence-electron chi connectivity index (χ1n) is 8.02. The zero-order chi connectivity index (χ0) is 19.7. The Morgan fingerprint density at radius 1 is 1.30 bits per heavy atom. The number of nitrogens with one attached hydrogen (secondary N) is 2. The normalized spacial score (nSPS) is 28.4. The van der Waals surface area contributed by atoms with E-state index in [2.05, 4.69) is 26.4 Å². The SMILES string of the molecule is O=C(Cc1c[nH]c2ccc(Br)c(Cl)c12)NOC1O[C@H](CO)[C@@H](O)[C@H](O)[C@H]1O. The average Bonchev–Trinajstić information content (AvgIpc) is 3.05. The monoisotopic (exact) mass is 464 g/mol. The molecule has 2 aromatic rings. The number of aliphatic hydroxyl groups is 4. The molecule has 1 amide bonds. The lowest BCUT2D eigenvalue weighted by atomic mass is 9.99. The number of hydrogen-bond donors (Lipinski definition) is 6. The summed E-state index contributed by atoms with van der Waals surface area (Å²) in [7, 11) is 0. The van der Waals surface area contributed by atoms with Crippen LogP contribution in [0.4, 0.5) is 0 Å². The summed E-state index contributed by atoms with van der Waals surface area (Å²) in [6.45, 7) is -0.596. The van der Waals surface area contributed by atoms with Gasteiger partial charge in [0, 0.05) is 21.6 Å². The number of aromatic nitrogens is 1. The Balaban J connectivity index is 1.64. The summed E-state index contributed by atoms with van der Waals surface area (Å²) in [6, 6.07) is 3.60. The number of ether oxygens (including phenoxy) is 1. The summed E-state index contributed by atoms with van der Waals surface area (Å²) >= 11 is 9.61. The van der Waals surface area contributed by atoms with Gasteiger partial charge in [-0.2, -0.15) is 0 Å². The molecule has 0 bridgehead atoms. The summed E-state index contributed by atoms with van der Waals surface area (Å²) in [6.07, 6.45) is -5.72. The van der Waals surface area contributed by atoms with Crippen molar-refractivity contribution in [1.29, 1.82) is 0 Å². The van der Waals surface area contributed by atoms with E-state index in [1.54, 1.807) is 12.3 Å². The minimum Gasteiger partial charge on any atom is -0.394 e.